The Labute approximate surface area is 91.7 Å². The van der Waals surface area contributed by atoms with Gasteiger partial charge in [0.25, 0.3) is 0 Å². The van der Waals surface area contributed by atoms with Gasteiger partial charge in [-0.15, -0.1) is 0 Å². The molecule has 0 aliphatic heterocycles. The smallest absolute Gasteiger partial charge is 0.302 e. The zero-order chi connectivity index (χ0) is 10.8. The van der Waals surface area contributed by atoms with Crippen LogP contribution < -0.4 is 4.74 Å². The second-order valence-corrected chi connectivity index (χ2v) is 3.41. The van der Waals surface area contributed by atoms with E-state index in [2.05, 4.69) is 4.98 Å². The van der Waals surface area contributed by atoms with Crippen molar-refractivity contribution < 1.29 is 9.84 Å². The molecule has 0 aliphatic carbocycles. The summed E-state index contributed by atoms with van der Waals surface area (Å²) >= 11 is 5.80. The predicted molar refractivity (Wildman–Crippen MR) is 56.4 cm³/mol. The monoisotopic (exact) mass is 224 g/mol. The summed E-state index contributed by atoms with van der Waals surface area (Å²) in [4.78, 5) is 3.98. The summed E-state index contributed by atoms with van der Waals surface area (Å²) < 4.78 is 7.06. The van der Waals surface area contributed by atoms with E-state index in [1.807, 2.05) is 0 Å². The summed E-state index contributed by atoms with van der Waals surface area (Å²) in [6, 6.07) is 6.79. The third kappa shape index (κ3) is 2.05. The number of aromatic nitrogens is 2. The number of aromatic hydroxyl groups is 1. The van der Waals surface area contributed by atoms with Crippen molar-refractivity contribution in [2.24, 2.45) is 7.05 Å². The standard InChI is InChI=1S/C10H9ClN2O2/c1-13-9(11)6-12-10(13)15-8-4-2-7(14)3-5-8/h2-6,14H,1H3. The van der Waals surface area contributed by atoms with Crippen molar-refractivity contribution in [2.75, 3.05) is 0 Å². The van der Waals surface area contributed by atoms with Gasteiger partial charge < -0.3 is 9.84 Å². The van der Waals surface area contributed by atoms with Crippen LogP contribution in [0.2, 0.25) is 5.15 Å². The molecule has 15 heavy (non-hydrogen) atoms. The lowest BCUT2D eigenvalue weighted by Crippen LogP contribution is -1.94. The van der Waals surface area contributed by atoms with Gasteiger partial charge in [-0.1, -0.05) is 11.6 Å². The number of benzene rings is 1. The van der Waals surface area contributed by atoms with Crippen molar-refractivity contribution >= 4 is 11.6 Å². The highest BCUT2D eigenvalue weighted by molar-refractivity contribution is 6.29. The summed E-state index contributed by atoms with van der Waals surface area (Å²) in [6.07, 6.45) is 1.51. The van der Waals surface area contributed by atoms with Crippen molar-refractivity contribution in [3.8, 4) is 17.5 Å². The third-order valence-electron chi connectivity index (χ3n) is 1.93. The number of nitrogens with zero attached hydrogens (tertiary/aromatic N) is 2. The van der Waals surface area contributed by atoms with Gasteiger partial charge in [0.2, 0.25) is 0 Å². The van der Waals surface area contributed by atoms with Crippen LogP contribution in [0.5, 0.6) is 17.5 Å². The molecule has 2 rings (SSSR count). The first kappa shape index (κ1) is 9.86. The number of halogens is 1. The van der Waals surface area contributed by atoms with Crippen LogP contribution in [-0.4, -0.2) is 14.7 Å². The van der Waals surface area contributed by atoms with E-state index in [0.717, 1.165) is 0 Å². The molecule has 0 radical (unpaired) electrons. The highest BCUT2D eigenvalue weighted by Crippen LogP contribution is 2.23. The lowest BCUT2D eigenvalue weighted by atomic mass is 10.3. The minimum atomic E-state index is 0.195. The maximum Gasteiger partial charge on any atom is 0.302 e. The van der Waals surface area contributed by atoms with Gasteiger partial charge in [0.1, 0.15) is 16.7 Å². The van der Waals surface area contributed by atoms with E-state index in [0.29, 0.717) is 16.9 Å². The number of rotatable bonds is 2. The Kier molecular flexibility index (Phi) is 2.51. The van der Waals surface area contributed by atoms with Gasteiger partial charge >= 0.3 is 6.01 Å². The largest absolute Gasteiger partial charge is 0.508 e. The zero-order valence-corrected chi connectivity index (χ0v) is 8.77. The van der Waals surface area contributed by atoms with Gasteiger partial charge in [-0.2, -0.15) is 0 Å². The third-order valence-corrected chi connectivity index (χ3v) is 2.29. The van der Waals surface area contributed by atoms with E-state index in [1.54, 1.807) is 35.9 Å². The van der Waals surface area contributed by atoms with Crippen molar-refractivity contribution in [1.29, 1.82) is 0 Å². The molecule has 0 amide bonds. The molecular formula is C10H9ClN2O2. The van der Waals surface area contributed by atoms with Crippen LogP contribution in [0.4, 0.5) is 0 Å². The lowest BCUT2D eigenvalue weighted by molar-refractivity contribution is 0.422. The Hall–Kier alpha value is -1.68. The fraction of sp³-hybridized carbons (Fsp3) is 0.100. The second-order valence-electron chi connectivity index (χ2n) is 3.02. The Morgan fingerprint density at radius 3 is 2.53 bits per heavy atom. The summed E-state index contributed by atoms with van der Waals surface area (Å²) in [5, 5.41) is 9.59. The van der Waals surface area contributed by atoms with Crippen LogP contribution in [0.15, 0.2) is 30.5 Å². The maximum atomic E-state index is 9.08. The molecule has 2 aromatic rings. The van der Waals surface area contributed by atoms with E-state index < -0.39 is 0 Å². The van der Waals surface area contributed by atoms with Gasteiger partial charge in [0.15, 0.2) is 0 Å². The molecule has 0 bridgehead atoms. The number of imidazole rings is 1. The molecule has 0 saturated carbocycles. The predicted octanol–water partition coefficient (Wildman–Crippen LogP) is 2.57. The Balaban J connectivity index is 2.22. The molecule has 0 spiro atoms. The average Bonchev–Trinajstić information content (AvgIpc) is 2.53. The molecule has 0 fully saturated rings. The van der Waals surface area contributed by atoms with E-state index in [9.17, 15) is 0 Å². The Morgan fingerprint density at radius 2 is 2.00 bits per heavy atom. The topological polar surface area (TPSA) is 47.3 Å². The van der Waals surface area contributed by atoms with Gasteiger partial charge in [0, 0.05) is 7.05 Å². The van der Waals surface area contributed by atoms with Gasteiger partial charge in [-0.05, 0) is 24.3 Å². The molecule has 1 heterocycles. The van der Waals surface area contributed by atoms with Crippen LogP contribution >= 0.6 is 11.6 Å². The number of phenols is 1. The minimum absolute atomic E-state index is 0.195. The highest BCUT2D eigenvalue weighted by atomic mass is 35.5. The average molecular weight is 225 g/mol. The minimum Gasteiger partial charge on any atom is -0.508 e. The molecule has 0 unspecified atom stereocenters. The molecule has 1 aromatic heterocycles. The fourth-order valence-electron chi connectivity index (χ4n) is 1.09. The summed E-state index contributed by atoms with van der Waals surface area (Å²) in [6.45, 7) is 0. The van der Waals surface area contributed by atoms with Crippen LogP contribution in [-0.2, 0) is 7.05 Å². The van der Waals surface area contributed by atoms with Crippen molar-refractivity contribution in [2.45, 2.75) is 0 Å². The number of hydrogen-bond acceptors (Lipinski definition) is 3. The van der Waals surface area contributed by atoms with E-state index in [4.69, 9.17) is 21.4 Å². The first-order valence-corrected chi connectivity index (χ1v) is 4.69. The van der Waals surface area contributed by atoms with Crippen molar-refractivity contribution in [3.63, 3.8) is 0 Å². The van der Waals surface area contributed by atoms with Crippen LogP contribution in [0.1, 0.15) is 0 Å². The van der Waals surface area contributed by atoms with Crippen molar-refractivity contribution in [3.05, 3.63) is 35.6 Å². The van der Waals surface area contributed by atoms with Crippen molar-refractivity contribution in [1.82, 2.24) is 9.55 Å². The Morgan fingerprint density at radius 1 is 1.33 bits per heavy atom. The van der Waals surface area contributed by atoms with Gasteiger partial charge in [-0.3, -0.25) is 4.57 Å². The molecule has 78 valence electrons. The SMILES string of the molecule is Cn1c(Cl)cnc1Oc1ccc(O)cc1. The molecule has 0 atom stereocenters. The first-order valence-electron chi connectivity index (χ1n) is 4.31. The molecule has 1 N–H and O–H groups in total. The van der Waals surface area contributed by atoms with E-state index in [1.165, 1.54) is 6.20 Å². The van der Waals surface area contributed by atoms with Crippen LogP contribution in [0, 0.1) is 0 Å². The molecule has 0 saturated heterocycles. The molecular weight excluding hydrogens is 216 g/mol. The Bertz CT molecular complexity index is 465. The highest BCUT2D eigenvalue weighted by Gasteiger charge is 2.06. The molecule has 0 aliphatic rings. The van der Waals surface area contributed by atoms with E-state index >= 15 is 0 Å². The van der Waals surface area contributed by atoms with Crippen LogP contribution in [0.3, 0.4) is 0 Å². The normalized spacial score (nSPS) is 10.3. The lowest BCUT2D eigenvalue weighted by Gasteiger charge is -2.04. The number of hydrogen-bond donors (Lipinski definition) is 1. The summed E-state index contributed by atoms with van der Waals surface area (Å²) in [5.74, 6) is 0.790. The number of ether oxygens (including phenoxy) is 1. The summed E-state index contributed by atoms with van der Waals surface area (Å²) in [7, 11) is 1.76. The van der Waals surface area contributed by atoms with E-state index in [-0.39, 0.29) is 5.75 Å². The second kappa shape index (κ2) is 3.82. The maximum absolute atomic E-state index is 9.08. The van der Waals surface area contributed by atoms with Crippen LogP contribution in [0.25, 0.3) is 0 Å². The van der Waals surface area contributed by atoms with Gasteiger partial charge in [0.05, 0.1) is 6.20 Å². The number of phenolic OH excluding ortho intramolecular Hbond substituents is 1. The fourth-order valence-corrected chi connectivity index (χ4v) is 1.21. The zero-order valence-electron chi connectivity index (χ0n) is 8.01. The van der Waals surface area contributed by atoms with Gasteiger partial charge in [-0.25, -0.2) is 4.98 Å². The first-order chi connectivity index (χ1) is 7.16. The molecule has 5 heteroatoms. The molecule has 1 aromatic carbocycles. The summed E-state index contributed by atoms with van der Waals surface area (Å²) in [5.41, 5.74) is 0. The molecule has 4 nitrogen and oxygen atoms in total. The quantitative estimate of drug-likeness (QED) is 0.853.